The van der Waals surface area contributed by atoms with Gasteiger partial charge >= 0.3 is 5.97 Å². The third-order valence-electron chi connectivity index (χ3n) is 4.93. The Morgan fingerprint density at radius 3 is 2.84 bits per heavy atom. The van der Waals surface area contributed by atoms with Gasteiger partial charge in [-0.25, -0.2) is 0 Å². The summed E-state index contributed by atoms with van der Waals surface area (Å²) in [6, 6.07) is 7.36. The van der Waals surface area contributed by atoms with Gasteiger partial charge in [-0.3, -0.25) is 9.59 Å². The zero-order chi connectivity index (χ0) is 18.0. The first-order valence-corrected chi connectivity index (χ1v) is 9.11. The number of amides is 1. The Balaban J connectivity index is 1.63. The molecule has 1 aromatic heterocycles. The van der Waals surface area contributed by atoms with Gasteiger partial charge < -0.3 is 15.0 Å². The second-order valence-electron chi connectivity index (χ2n) is 6.73. The molecule has 0 bridgehead atoms. The summed E-state index contributed by atoms with van der Waals surface area (Å²) in [6.45, 7) is 4.30. The quantitative estimate of drug-likeness (QED) is 0.810. The van der Waals surface area contributed by atoms with E-state index in [1.807, 2.05) is 25.1 Å². The minimum atomic E-state index is -0.126. The smallest absolute Gasteiger partial charge is 0.308 e. The molecule has 0 saturated heterocycles. The van der Waals surface area contributed by atoms with Crippen molar-refractivity contribution < 1.29 is 14.3 Å². The van der Waals surface area contributed by atoms with Crippen LogP contribution in [-0.4, -0.2) is 29.5 Å². The van der Waals surface area contributed by atoms with E-state index in [0.717, 1.165) is 30.2 Å². The number of aromatic nitrogens is 1. The molecule has 0 spiro atoms. The molecule has 1 heterocycles. The van der Waals surface area contributed by atoms with E-state index in [4.69, 9.17) is 16.3 Å². The van der Waals surface area contributed by atoms with Crippen LogP contribution in [0.2, 0.25) is 5.02 Å². The van der Waals surface area contributed by atoms with Crippen LogP contribution in [0.4, 0.5) is 0 Å². The summed E-state index contributed by atoms with van der Waals surface area (Å²) >= 11 is 5.99. The van der Waals surface area contributed by atoms with Gasteiger partial charge in [0.05, 0.1) is 12.5 Å². The Morgan fingerprint density at radius 2 is 2.12 bits per heavy atom. The molecule has 6 heteroatoms. The molecule has 1 aromatic carbocycles. The SMILES string of the molecule is CCOC(=O)[C@H]1CC[C@H](NC(=O)c2cc3cc(Cl)ccc3[nH]2)[C@H](C)C1. The third kappa shape index (κ3) is 3.98. The predicted octanol–water partition coefficient (Wildman–Crippen LogP) is 3.92. The first kappa shape index (κ1) is 17.8. The number of aromatic amines is 1. The molecule has 3 atom stereocenters. The fourth-order valence-electron chi connectivity index (χ4n) is 3.56. The van der Waals surface area contributed by atoms with Gasteiger partial charge in [-0.15, -0.1) is 0 Å². The Morgan fingerprint density at radius 1 is 1.32 bits per heavy atom. The van der Waals surface area contributed by atoms with Crippen molar-refractivity contribution in [2.24, 2.45) is 11.8 Å². The number of benzene rings is 1. The summed E-state index contributed by atoms with van der Waals surface area (Å²) in [5.74, 6) is -0.0744. The zero-order valence-electron chi connectivity index (χ0n) is 14.5. The van der Waals surface area contributed by atoms with Gasteiger partial charge in [0.15, 0.2) is 0 Å². The van der Waals surface area contributed by atoms with Crippen molar-refractivity contribution in [2.75, 3.05) is 6.61 Å². The lowest BCUT2D eigenvalue weighted by Gasteiger charge is -2.33. The highest BCUT2D eigenvalue weighted by Gasteiger charge is 2.33. The number of halogens is 1. The van der Waals surface area contributed by atoms with Gasteiger partial charge in [-0.2, -0.15) is 0 Å². The maximum Gasteiger partial charge on any atom is 0.308 e. The third-order valence-corrected chi connectivity index (χ3v) is 5.17. The molecular weight excluding hydrogens is 340 g/mol. The summed E-state index contributed by atoms with van der Waals surface area (Å²) in [4.78, 5) is 27.6. The van der Waals surface area contributed by atoms with Crippen LogP contribution in [-0.2, 0) is 9.53 Å². The molecule has 0 radical (unpaired) electrons. The Hall–Kier alpha value is -2.01. The van der Waals surface area contributed by atoms with Gasteiger partial charge in [0, 0.05) is 22.0 Å². The molecule has 1 saturated carbocycles. The number of hydrogen-bond acceptors (Lipinski definition) is 3. The highest BCUT2D eigenvalue weighted by molar-refractivity contribution is 6.31. The van der Waals surface area contributed by atoms with Crippen LogP contribution in [0.5, 0.6) is 0 Å². The number of hydrogen-bond donors (Lipinski definition) is 2. The van der Waals surface area contributed by atoms with E-state index in [2.05, 4.69) is 17.2 Å². The number of carbonyl (C=O) groups excluding carboxylic acids is 2. The van der Waals surface area contributed by atoms with Crippen molar-refractivity contribution >= 4 is 34.4 Å². The molecule has 0 aliphatic heterocycles. The van der Waals surface area contributed by atoms with Gasteiger partial charge in [0.1, 0.15) is 5.69 Å². The van der Waals surface area contributed by atoms with E-state index in [0.29, 0.717) is 17.3 Å². The van der Waals surface area contributed by atoms with E-state index in [9.17, 15) is 9.59 Å². The lowest BCUT2D eigenvalue weighted by molar-refractivity contribution is -0.149. The van der Waals surface area contributed by atoms with Crippen molar-refractivity contribution in [3.05, 3.63) is 35.0 Å². The maximum absolute atomic E-state index is 12.6. The maximum atomic E-state index is 12.6. The molecule has 2 aromatic rings. The molecule has 1 amide bonds. The van der Waals surface area contributed by atoms with Crippen LogP contribution >= 0.6 is 11.6 Å². The van der Waals surface area contributed by atoms with Crippen LogP contribution < -0.4 is 5.32 Å². The van der Waals surface area contributed by atoms with Crippen LogP contribution in [0.25, 0.3) is 10.9 Å². The topological polar surface area (TPSA) is 71.2 Å². The van der Waals surface area contributed by atoms with Crippen molar-refractivity contribution in [2.45, 2.75) is 39.2 Å². The predicted molar refractivity (Wildman–Crippen MR) is 97.7 cm³/mol. The van der Waals surface area contributed by atoms with E-state index in [1.54, 1.807) is 6.07 Å². The van der Waals surface area contributed by atoms with Crippen LogP contribution in [0.1, 0.15) is 43.6 Å². The number of H-pyrrole nitrogens is 1. The zero-order valence-corrected chi connectivity index (χ0v) is 15.2. The average molecular weight is 363 g/mol. The molecule has 2 N–H and O–H groups in total. The van der Waals surface area contributed by atoms with Crippen LogP contribution in [0.3, 0.4) is 0 Å². The minimum Gasteiger partial charge on any atom is -0.466 e. The minimum absolute atomic E-state index is 0.0571. The second-order valence-corrected chi connectivity index (χ2v) is 7.17. The number of esters is 1. The number of nitrogens with one attached hydrogen (secondary N) is 2. The summed E-state index contributed by atoms with van der Waals surface area (Å²) < 4.78 is 5.12. The number of fused-ring (bicyclic) bond motifs is 1. The molecule has 0 unspecified atom stereocenters. The summed E-state index contributed by atoms with van der Waals surface area (Å²) in [5, 5.41) is 4.65. The Kier molecular flexibility index (Phi) is 5.33. The van der Waals surface area contributed by atoms with E-state index in [1.165, 1.54) is 0 Å². The molecule has 1 fully saturated rings. The number of carbonyl (C=O) groups is 2. The molecule has 5 nitrogen and oxygen atoms in total. The normalized spacial score (nSPS) is 23.4. The van der Waals surface area contributed by atoms with Gasteiger partial charge in [-0.1, -0.05) is 18.5 Å². The van der Waals surface area contributed by atoms with Crippen molar-refractivity contribution in [1.29, 1.82) is 0 Å². The summed E-state index contributed by atoms with van der Waals surface area (Å²) in [6.07, 6.45) is 2.27. The Bertz CT molecular complexity index is 786. The molecule has 1 aliphatic carbocycles. The fourth-order valence-corrected chi connectivity index (χ4v) is 3.74. The van der Waals surface area contributed by atoms with E-state index < -0.39 is 0 Å². The van der Waals surface area contributed by atoms with Crippen LogP contribution in [0.15, 0.2) is 24.3 Å². The molecule has 25 heavy (non-hydrogen) atoms. The highest BCUT2D eigenvalue weighted by Crippen LogP contribution is 2.30. The first-order chi connectivity index (χ1) is 12.0. The van der Waals surface area contributed by atoms with E-state index >= 15 is 0 Å². The second kappa shape index (κ2) is 7.48. The van der Waals surface area contributed by atoms with Gasteiger partial charge in [0.25, 0.3) is 5.91 Å². The summed E-state index contributed by atoms with van der Waals surface area (Å²) in [5.41, 5.74) is 1.41. The lowest BCUT2D eigenvalue weighted by atomic mass is 9.79. The molecule has 1 aliphatic rings. The molecule has 3 rings (SSSR count). The fraction of sp³-hybridized carbons (Fsp3) is 0.474. The molecular formula is C19H23ClN2O3. The first-order valence-electron chi connectivity index (χ1n) is 8.73. The highest BCUT2D eigenvalue weighted by atomic mass is 35.5. The van der Waals surface area contributed by atoms with Crippen molar-refractivity contribution in [3.63, 3.8) is 0 Å². The average Bonchev–Trinajstić information content (AvgIpc) is 3.00. The number of rotatable bonds is 4. The standard InChI is InChI=1S/C19H23ClN2O3/c1-3-25-19(24)12-4-6-15(11(2)8-12)22-18(23)17-10-13-9-14(20)5-7-16(13)21-17/h5,7,9-12,15,21H,3-4,6,8H2,1-2H3,(H,22,23)/t11-,12+,15+/m1/s1. The number of ether oxygens (including phenoxy) is 1. The lowest BCUT2D eigenvalue weighted by Crippen LogP contribution is -2.44. The molecule has 134 valence electrons. The van der Waals surface area contributed by atoms with Gasteiger partial charge in [0.2, 0.25) is 0 Å². The van der Waals surface area contributed by atoms with Crippen LogP contribution in [0, 0.1) is 11.8 Å². The summed E-state index contributed by atoms with van der Waals surface area (Å²) in [7, 11) is 0. The van der Waals surface area contributed by atoms with Crippen molar-refractivity contribution in [1.82, 2.24) is 10.3 Å². The monoisotopic (exact) mass is 362 g/mol. The van der Waals surface area contributed by atoms with Gasteiger partial charge in [-0.05, 0) is 56.4 Å². The largest absolute Gasteiger partial charge is 0.466 e. The van der Waals surface area contributed by atoms with E-state index in [-0.39, 0.29) is 29.8 Å². The van der Waals surface area contributed by atoms with Crippen molar-refractivity contribution in [3.8, 4) is 0 Å². The Labute approximate surface area is 152 Å².